The van der Waals surface area contributed by atoms with E-state index in [-0.39, 0.29) is 5.92 Å². The summed E-state index contributed by atoms with van der Waals surface area (Å²) in [6, 6.07) is 2.03. The molecule has 0 aromatic rings. The van der Waals surface area contributed by atoms with Gasteiger partial charge >= 0.3 is 5.97 Å². The summed E-state index contributed by atoms with van der Waals surface area (Å²) < 4.78 is 0. The van der Waals surface area contributed by atoms with Gasteiger partial charge in [0.25, 0.3) is 0 Å². The highest BCUT2D eigenvalue weighted by atomic mass is 16.4. The van der Waals surface area contributed by atoms with Crippen molar-refractivity contribution in [3.05, 3.63) is 0 Å². The summed E-state index contributed by atoms with van der Waals surface area (Å²) in [5.74, 6) is -0.676. The normalized spacial score (nSPS) is 41.1. The standard InChI is InChI=1S/C13H23NO2/c1-9-3-4-10(2)14(9)12-7-5-11(6-8-12)13(15)16/h9-12H,3-8H2,1-2H3,(H,15,16). The number of carboxylic acids is 1. The number of aliphatic carboxylic acids is 1. The van der Waals surface area contributed by atoms with Crippen LogP contribution in [0, 0.1) is 5.92 Å². The van der Waals surface area contributed by atoms with Crippen molar-refractivity contribution >= 4 is 5.97 Å². The van der Waals surface area contributed by atoms with E-state index in [0.717, 1.165) is 25.7 Å². The van der Waals surface area contributed by atoms with Gasteiger partial charge in [0, 0.05) is 18.1 Å². The lowest BCUT2D eigenvalue weighted by Crippen LogP contribution is -2.44. The Balaban J connectivity index is 1.91. The Morgan fingerprint density at radius 2 is 1.50 bits per heavy atom. The van der Waals surface area contributed by atoms with Crippen molar-refractivity contribution in [2.45, 2.75) is 70.5 Å². The van der Waals surface area contributed by atoms with E-state index < -0.39 is 5.97 Å². The average Bonchev–Trinajstić information content (AvgIpc) is 2.59. The summed E-state index contributed by atoms with van der Waals surface area (Å²) in [7, 11) is 0. The summed E-state index contributed by atoms with van der Waals surface area (Å²) in [4.78, 5) is 13.5. The lowest BCUT2D eigenvalue weighted by atomic mass is 9.85. The summed E-state index contributed by atoms with van der Waals surface area (Å²) in [6.07, 6.45) is 6.50. The van der Waals surface area contributed by atoms with Gasteiger partial charge in [0.2, 0.25) is 0 Å². The van der Waals surface area contributed by atoms with Crippen LogP contribution in [0.1, 0.15) is 52.4 Å². The van der Waals surface area contributed by atoms with Crippen molar-refractivity contribution in [1.82, 2.24) is 4.90 Å². The molecule has 92 valence electrons. The second kappa shape index (κ2) is 4.74. The van der Waals surface area contributed by atoms with Gasteiger partial charge in [-0.15, -0.1) is 0 Å². The third-order valence-corrected chi connectivity index (χ3v) is 4.49. The molecule has 0 amide bonds. The average molecular weight is 225 g/mol. The molecule has 2 fully saturated rings. The Hall–Kier alpha value is -0.570. The fraction of sp³-hybridized carbons (Fsp3) is 0.923. The molecule has 2 aliphatic rings. The van der Waals surface area contributed by atoms with E-state index in [1.54, 1.807) is 0 Å². The van der Waals surface area contributed by atoms with Gasteiger partial charge in [-0.05, 0) is 52.4 Å². The van der Waals surface area contributed by atoms with E-state index in [1.807, 2.05) is 0 Å². The maximum atomic E-state index is 10.9. The van der Waals surface area contributed by atoms with E-state index in [4.69, 9.17) is 5.11 Å². The maximum Gasteiger partial charge on any atom is 0.306 e. The molecule has 2 unspecified atom stereocenters. The molecule has 1 saturated heterocycles. The second-order valence-corrected chi connectivity index (χ2v) is 5.57. The van der Waals surface area contributed by atoms with E-state index in [2.05, 4.69) is 18.7 Å². The number of carboxylic acid groups (broad SMARTS) is 1. The molecule has 2 rings (SSSR count). The molecule has 0 radical (unpaired) electrons. The molecular formula is C13H23NO2. The van der Waals surface area contributed by atoms with Crippen LogP contribution in [0.15, 0.2) is 0 Å². The quantitative estimate of drug-likeness (QED) is 0.785. The number of likely N-dealkylation sites (tertiary alicyclic amines) is 1. The first-order valence-electron chi connectivity index (χ1n) is 6.60. The Morgan fingerprint density at radius 3 is 1.94 bits per heavy atom. The summed E-state index contributed by atoms with van der Waals surface area (Å²) in [5.41, 5.74) is 0. The minimum Gasteiger partial charge on any atom is -0.481 e. The van der Waals surface area contributed by atoms with Gasteiger partial charge in [0.1, 0.15) is 0 Å². The molecule has 16 heavy (non-hydrogen) atoms. The van der Waals surface area contributed by atoms with Gasteiger partial charge < -0.3 is 5.11 Å². The molecule has 0 spiro atoms. The number of hydrogen-bond acceptors (Lipinski definition) is 2. The van der Waals surface area contributed by atoms with Gasteiger partial charge in [-0.1, -0.05) is 0 Å². The molecule has 1 aliphatic carbocycles. The molecule has 1 saturated carbocycles. The van der Waals surface area contributed by atoms with Gasteiger partial charge in [0.15, 0.2) is 0 Å². The molecular weight excluding hydrogens is 202 g/mol. The number of rotatable bonds is 2. The van der Waals surface area contributed by atoms with Gasteiger partial charge in [0.05, 0.1) is 5.92 Å². The molecule has 0 aromatic heterocycles. The predicted molar refractivity (Wildman–Crippen MR) is 63.4 cm³/mol. The van der Waals surface area contributed by atoms with Crippen molar-refractivity contribution < 1.29 is 9.90 Å². The summed E-state index contributed by atoms with van der Waals surface area (Å²) in [5, 5.41) is 8.98. The number of carbonyl (C=O) groups is 1. The SMILES string of the molecule is CC1CCC(C)N1C1CCC(C(=O)O)CC1. The first kappa shape index (κ1) is 11.9. The fourth-order valence-electron chi connectivity index (χ4n) is 3.56. The maximum absolute atomic E-state index is 10.9. The molecule has 0 bridgehead atoms. The Labute approximate surface area is 97.8 Å². The second-order valence-electron chi connectivity index (χ2n) is 5.57. The number of hydrogen-bond donors (Lipinski definition) is 1. The van der Waals surface area contributed by atoms with Gasteiger partial charge in [-0.25, -0.2) is 0 Å². The van der Waals surface area contributed by atoms with Gasteiger partial charge in [-0.3, -0.25) is 9.69 Å². The summed E-state index contributed by atoms with van der Waals surface area (Å²) >= 11 is 0. The molecule has 2 atom stereocenters. The monoisotopic (exact) mass is 225 g/mol. The molecule has 3 heteroatoms. The molecule has 1 N–H and O–H groups in total. The fourth-order valence-corrected chi connectivity index (χ4v) is 3.56. The van der Waals surface area contributed by atoms with E-state index >= 15 is 0 Å². The highest BCUT2D eigenvalue weighted by Crippen LogP contribution is 2.34. The first-order valence-corrected chi connectivity index (χ1v) is 6.60. The van der Waals surface area contributed by atoms with Crippen molar-refractivity contribution in [3.8, 4) is 0 Å². The Kier molecular flexibility index (Phi) is 3.53. The van der Waals surface area contributed by atoms with E-state index in [9.17, 15) is 4.79 Å². The van der Waals surface area contributed by atoms with Crippen LogP contribution in [0.5, 0.6) is 0 Å². The van der Waals surface area contributed by atoms with Crippen LogP contribution in [0.3, 0.4) is 0 Å². The highest BCUT2D eigenvalue weighted by molar-refractivity contribution is 5.70. The van der Waals surface area contributed by atoms with Crippen LogP contribution in [0.4, 0.5) is 0 Å². The van der Waals surface area contributed by atoms with Crippen LogP contribution in [-0.4, -0.2) is 34.1 Å². The molecule has 0 aromatic carbocycles. The zero-order valence-electron chi connectivity index (χ0n) is 10.4. The van der Waals surface area contributed by atoms with Crippen LogP contribution in [0.2, 0.25) is 0 Å². The largest absolute Gasteiger partial charge is 0.481 e. The lowest BCUT2D eigenvalue weighted by molar-refractivity contribution is -0.143. The zero-order chi connectivity index (χ0) is 11.7. The van der Waals surface area contributed by atoms with E-state index in [1.165, 1.54) is 12.8 Å². The minimum atomic E-state index is -0.596. The van der Waals surface area contributed by atoms with Crippen molar-refractivity contribution in [3.63, 3.8) is 0 Å². The summed E-state index contributed by atoms with van der Waals surface area (Å²) in [6.45, 7) is 4.62. The van der Waals surface area contributed by atoms with Crippen molar-refractivity contribution in [2.24, 2.45) is 5.92 Å². The van der Waals surface area contributed by atoms with Crippen LogP contribution in [0.25, 0.3) is 0 Å². The van der Waals surface area contributed by atoms with Crippen molar-refractivity contribution in [1.29, 1.82) is 0 Å². The topological polar surface area (TPSA) is 40.5 Å². The molecule has 1 heterocycles. The third kappa shape index (κ3) is 2.24. The Morgan fingerprint density at radius 1 is 1.00 bits per heavy atom. The van der Waals surface area contributed by atoms with Crippen LogP contribution < -0.4 is 0 Å². The molecule has 3 nitrogen and oxygen atoms in total. The first-order chi connectivity index (χ1) is 7.59. The lowest BCUT2D eigenvalue weighted by Gasteiger charge is -2.38. The van der Waals surface area contributed by atoms with Gasteiger partial charge in [-0.2, -0.15) is 0 Å². The smallest absolute Gasteiger partial charge is 0.306 e. The van der Waals surface area contributed by atoms with Crippen LogP contribution in [-0.2, 0) is 4.79 Å². The predicted octanol–water partition coefficient (Wildman–Crippen LogP) is 2.50. The van der Waals surface area contributed by atoms with E-state index in [0.29, 0.717) is 18.1 Å². The minimum absolute atomic E-state index is 0.0792. The molecule has 1 aliphatic heterocycles. The highest BCUT2D eigenvalue weighted by Gasteiger charge is 2.36. The van der Waals surface area contributed by atoms with Crippen molar-refractivity contribution in [2.75, 3.05) is 0 Å². The third-order valence-electron chi connectivity index (χ3n) is 4.49. The Bertz CT molecular complexity index is 249. The number of nitrogens with zero attached hydrogens (tertiary/aromatic N) is 1. The van der Waals surface area contributed by atoms with Crippen LogP contribution >= 0.6 is 0 Å². The zero-order valence-corrected chi connectivity index (χ0v) is 10.4.